The lowest BCUT2D eigenvalue weighted by Crippen LogP contribution is -2.46. The van der Waals surface area contributed by atoms with E-state index in [1.54, 1.807) is 13.2 Å². The van der Waals surface area contributed by atoms with E-state index in [9.17, 15) is 18.0 Å². The molecule has 2 amide bonds. The molecule has 10 heteroatoms. The van der Waals surface area contributed by atoms with Crippen LogP contribution in [0.15, 0.2) is 36.4 Å². The highest BCUT2D eigenvalue weighted by Crippen LogP contribution is 2.65. The monoisotopic (exact) mass is 688 g/mol. The zero-order valence-electron chi connectivity index (χ0n) is 30.1. The Morgan fingerprint density at radius 3 is 2.41 bits per heavy atom. The summed E-state index contributed by atoms with van der Waals surface area (Å²) < 4.78 is 36.4. The Kier molecular flexibility index (Phi) is 8.45. The molecule has 3 aliphatic carbocycles. The van der Waals surface area contributed by atoms with Gasteiger partial charge in [-0.15, -0.1) is 0 Å². The van der Waals surface area contributed by atoms with Crippen molar-refractivity contribution in [2.45, 2.75) is 103 Å². The molecule has 2 heterocycles. The van der Waals surface area contributed by atoms with Gasteiger partial charge in [0.15, 0.2) is 0 Å². The van der Waals surface area contributed by atoms with Gasteiger partial charge in [-0.1, -0.05) is 46.1 Å². The smallest absolute Gasteiger partial charge is 0.303 e. The summed E-state index contributed by atoms with van der Waals surface area (Å²) in [4.78, 5) is 28.1. The molecular weight excluding hydrogens is 637 g/mol. The van der Waals surface area contributed by atoms with Crippen molar-refractivity contribution in [3.8, 4) is 17.0 Å². The number of benzene rings is 2. The van der Waals surface area contributed by atoms with Gasteiger partial charge < -0.3 is 14.6 Å². The van der Waals surface area contributed by atoms with Gasteiger partial charge >= 0.3 is 10.2 Å². The Morgan fingerprint density at radius 2 is 1.76 bits per heavy atom. The molecule has 0 saturated heterocycles. The summed E-state index contributed by atoms with van der Waals surface area (Å²) in [5.74, 6) is 1.58. The molecule has 9 nitrogen and oxygen atoms in total. The quantitative estimate of drug-likeness (QED) is 0.266. The number of carbonyl (C=O) groups excluding carboxylic acids is 2. The summed E-state index contributed by atoms with van der Waals surface area (Å²) >= 11 is 0. The maximum atomic E-state index is 14.7. The van der Waals surface area contributed by atoms with Crippen molar-refractivity contribution < 1.29 is 22.7 Å². The van der Waals surface area contributed by atoms with Crippen LogP contribution in [0.25, 0.3) is 22.2 Å². The fourth-order valence-corrected chi connectivity index (χ4v) is 10.1. The standard InChI is InChI=1S/C39H52N4O5S/c1-23-13-18-31(38(23,3)4)24(2)40-37(45)39-21-32(39)30-20-27(48-7)15-17-28(30)35-34(25-11-9-8-10-12-25)29-16-14-26(19-33(29)43(35)22-39)36(44)41-49(46,47)42(5)6/h14-17,19-20,23-25,31-32H,8-13,18,21-22H2,1-7H3,(H,40,45)(H,41,44)/t23?,24-,31?,32?,39?/m0/s1. The Bertz CT molecular complexity index is 1920. The van der Waals surface area contributed by atoms with Gasteiger partial charge in [0.2, 0.25) is 5.91 Å². The molecule has 0 bridgehead atoms. The minimum atomic E-state index is -3.97. The molecule has 4 aliphatic rings. The van der Waals surface area contributed by atoms with Crippen LogP contribution in [0.3, 0.4) is 0 Å². The van der Waals surface area contributed by atoms with Crippen LogP contribution in [0.4, 0.5) is 0 Å². The number of hydrogen-bond acceptors (Lipinski definition) is 5. The lowest BCUT2D eigenvalue weighted by Gasteiger charge is -2.36. The van der Waals surface area contributed by atoms with E-state index in [1.807, 2.05) is 18.2 Å². The van der Waals surface area contributed by atoms with E-state index >= 15 is 0 Å². The van der Waals surface area contributed by atoms with Crippen LogP contribution in [0.5, 0.6) is 5.75 Å². The van der Waals surface area contributed by atoms with Gasteiger partial charge in [-0.2, -0.15) is 12.7 Å². The average molecular weight is 689 g/mol. The molecule has 3 aromatic rings. The molecule has 1 aromatic heterocycles. The van der Waals surface area contributed by atoms with Crippen molar-refractivity contribution in [1.29, 1.82) is 0 Å². The number of amides is 2. The molecule has 7 rings (SSSR count). The molecule has 0 spiro atoms. The van der Waals surface area contributed by atoms with Gasteiger partial charge in [0.25, 0.3) is 5.91 Å². The zero-order valence-corrected chi connectivity index (χ0v) is 30.9. The maximum absolute atomic E-state index is 14.7. The molecular formula is C39H52N4O5S. The molecule has 5 atom stereocenters. The van der Waals surface area contributed by atoms with Gasteiger partial charge in [0, 0.05) is 54.6 Å². The topological polar surface area (TPSA) is 110 Å². The first kappa shape index (κ1) is 34.1. The summed E-state index contributed by atoms with van der Waals surface area (Å²) in [6.07, 6.45) is 8.74. The van der Waals surface area contributed by atoms with E-state index in [4.69, 9.17) is 4.74 Å². The number of hydrogen-bond donors (Lipinski definition) is 2. The van der Waals surface area contributed by atoms with E-state index in [0.717, 1.165) is 76.3 Å². The van der Waals surface area contributed by atoms with Crippen molar-refractivity contribution in [2.75, 3.05) is 21.2 Å². The fraction of sp³-hybridized carbons (Fsp3) is 0.590. The third kappa shape index (κ3) is 5.57. The second-order valence-corrected chi connectivity index (χ2v) is 18.1. The van der Waals surface area contributed by atoms with Crippen LogP contribution in [0.2, 0.25) is 0 Å². The van der Waals surface area contributed by atoms with E-state index in [1.165, 1.54) is 32.5 Å². The molecule has 4 unspecified atom stereocenters. The van der Waals surface area contributed by atoms with Gasteiger partial charge in [-0.25, -0.2) is 4.72 Å². The summed E-state index contributed by atoms with van der Waals surface area (Å²) in [6, 6.07) is 11.9. The normalized spacial score (nSPS) is 26.7. The van der Waals surface area contributed by atoms with Crippen LogP contribution in [-0.4, -0.2) is 56.4 Å². The minimum Gasteiger partial charge on any atom is -0.497 e. The third-order valence-corrected chi connectivity index (χ3v) is 14.4. The van der Waals surface area contributed by atoms with E-state index in [-0.39, 0.29) is 28.8 Å². The van der Waals surface area contributed by atoms with E-state index < -0.39 is 21.5 Å². The number of nitrogens with one attached hydrogen (secondary N) is 2. The third-order valence-electron chi connectivity index (χ3n) is 13.0. The number of nitrogens with zero attached hydrogens (tertiary/aromatic N) is 2. The minimum absolute atomic E-state index is 0.0335. The Balaban J connectivity index is 1.38. The SMILES string of the molecule is COc1ccc2c(c1)C1CC1(C(=O)N[C@@H](C)C1CCC(C)C1(C)C)Cn1c-2c(C2CCCCC2)c2ccc(C(=O)NS(=O)(=O)N(C)C)cc21. The molecule has 49 heavy (non-hydrogen) atoms. The second kappa shape index (κ2) is 12.1. The number of ether oxygens (including phenoxy) is 1. The fourth-order valence-electron chi connectivity index (χ4n) is 9.59. The molecule has 2 N–H and O–H groups in total. The predicted octanol–water partition coefficient (Wildman–Crippen LogP) is 6.97. The van der Waals surface area contributed by atoms with Crippen molar-refractivity contribution in [3.63, 3.8) is 0 Å². The van der Waals surface area contributed by atoms with Gasteiger partial charge in [-0.05, 0) is 104 Å². The first-order valence-electron chi connectivity index (χ1n) is 18.1. The van der Waals surface area contributed by atoms with Gasteiger partial charge in [0.1, 0.15) is 5.75 Å². The second-order valence-electron chi connectivity index (χ2n) is 16.2. The summed E-state index contributed by atoms with van der Waals surface area (Å²) in [7, 11) is 0.492. The van der Waals surface area contributed by atoms with Crippen LogP contribution in [0.1, 0.15) is 112 Å². The average Bonchev–Trinajstić information content (AvgIpc) is 3.66. The van der Waals surface area contributed by atoms with Crippen LogP contribution in [0, 0.1) is 22.7 Å². The molecule has 0 radical (unpaired) electrons. The molecule has 3 saturated carbocycles. The van der Waals surface area contributed by atoms with E-state index in [2.05, 4.69) is 54.4 Å². The lowest BCUT2D eigenvalue weighted by molar-refractivity contribution is -0.128. The highest BCUT2D eigenvalue weighted by molar-refractivity contribution is 7.87. The number of rotatable bonds is 8. The largest absolute Gasteiger partial charge is 0.497 e. The number of aromatic nitrogens is 1. The lowest BCUT2D eigenvalue weighted by atomic mass is 9.73. The molecule has 264 valence electrons. The van der Waals surface area contributed by atoms with E-state index in [0.29, 0.717) is 24.3 Å². The molecule has 2 aromatic carbocycles. The first-order valence-corrected chi connectivity index (χ1v) is 19.5. The Morgan fingerprint density at radius 1 is 1.02 bits per heavy atom. The van der Waals surface area contributed by atoms with Gasteiger partial charge in [0.05, 0.1) is 18.2 Å². The Hall–Kier alpha value is -3.37. The Labute approximate surface area is 291 Å². The van der Waals surface area contributed by atoms with Crippen LogP contribution in [-0.2, 0) is 21.5 Å². The van der Waals surface area contributed by atoms with Crippen LogP contribution >= 0.6 is 0 Å². The van der Waals surface area contributed by atoms with Crippen molar-refractivity contribution >= 4 is 32.9 Å². The molecule has 3 fully saturated rings. The van der Waals surface area contributed by atoms with Crippen LogP contribution < -0.4 is 14.8 Å². The molecule has 1 aliphatic heterocycles. The number of methoxy groups -OCH3 is 1. The van der Waals surface area contributed by atoms with Crippen molar-refractivity contribution in [2.24, 2.45) is 22.7 Å². The highest BCUT2D eigenvalue weighted by Gasteiger charge is 2.63. The maximum Gasteiger partial charge on any atom is 0.303 e. The van der Waals surface area contributed by atoms with Crippen molar-refractivity contribution in [1.82, 2.24) is 18.9 Å². The zero-order chi connectivity index (χ0) is 35.0. The van der Waals surface area contributed by atoms with Crippen molar-refractivity contribution in [3.05, 3.63) is 53.1 Å². The first-order chi connectivity index (χ1) is 23.2. The summed E-state index contributed by atoms with van der Waals surface area (Å²) in [6.45, 7) is 9.67. The number of carbonyl (C=O) groups is 2. The summed E-state index contributed by atoms with van der Waals surface area (Å²) in [5, 5.41) is 4.60. The highest BCUT2D eigenvalue weighted by atomic mass is 32.2. The van der Waals surface area contributed by atoms with Gasteiger partial charge in [-0.3, -0.25) is 9.59 Å². The number of fused-ring (bicyclic) bond motifs is 7. The summed E-state index contributed by atoms with van der Waals surface area (Å²) in [5.41, 5.74) is 5.29. The predicted molar refractivity (Wildman–Crippen MR) is 193 cm³/mol.